The van der Waals surface area contributed by atoms with Crippen LogP contribution >= 0.6 is 0 Å². The molecule has 0 saturated heterocycles. The van der Waals surface area contributed by atoms with Crippen molar-refractivity contribution in [3.63, 3.8) is 0 Å². The van der Waals surface area contributed by atoms with Gasteiger partial charge in [-0.15, -0.1) is 0 Å². The summed E-state index contributed by atoms with van der Waals surface area (Å²) in [6.07, 6.45) is 6.97. The van der Waals surface area contributed by atoms with E-state index >= 15 is 0 Å². The van der Waals surface area contributed by atoms with E-state index in [9.17, 15) is 4.79 Å². The third kappa shape index (κ3) is 2.88. The Balaban J connectivity index is 2.02. The van der Waals surface area contributed by atoms with Crippen LogP contribution in [0.2, 0.25) is 0 Å². The lowest BCUT2D eigenvalue weighted by Crippen LogP contribution is -2.51. The first-order valence-electron chi connectivity index (χ1n) is 9.53. The van der Waals surface area contributed by atoms with Gasteiger partial charge in [-0.05, 0) is 44.5 Å². The number of nitrogens with zero attached hydrogens (tertiary/aromatic N) is 2. The summed E-state index contributed by atoms with van der Waals surface area (Å²) in [4.78, 5) is 17.4. The molecule has 132 valence electrons. The molecule has 0 radical (unpaired) electrons. The van der Waals surface area contributed by atoms with Crippen molar-refractivity contribution in [3.05, 3.63) is 29.8 Å². The summed E-state index contributed by atoms with van der Waals surface area (Å²) in [5.41, 5.74) is 2.79. The summed E-state index contributed by atoms with van der Waals surface area (Å²) in [6.45, 7) is 5.40. The molecule has 0 N–H and O–H groups in total. The summed E-state index contributed by atoms with van der Waals surface area (Å²) in [7, 11) is 4.07. The molecule has 1 heterocycles. The van der Waals surface area contributed by atoms with Crippen LogP contribution in [-0.2, 0) is 10.2 Å². The van der Waals surface area contributed by atoms with Crippen LogP contribution in [0.3, 0.4) is 0 Å². The molecule has 24 heavy (non-hydrogen) atoms. The standard InChI is InChI=1S/C21H32N2O/c1-16(2)20-21(13-8-5-9-14-21)17-10-6-7-11-18(17)23(20)19(24)12-15-22(3)4/h6-7,10-11,16,20H,5,8-9,12-15H2,1-4H3. The zero-order chi connectivity index (χ0) is 17.3. The average Bonchev–Trinajstić information content (AvgIpc) is 2.84. The zero-order valence-electron chi connectivity index (χ0n) is 15.7. The van der Waals surface area contributed by atoms with Gasteiger partial charge in [-0.25, -0.2) is 0 Å². The van der Waals surface area contributed by atoms with Crippen molar-refractivity contribution < 1.29 is 4.79 Å². The fourth-order valence-corrected chi connectivity index (χ4v) is 5.07. The van der Waals surface area contributed by atoms with Gasteiger partial charge >= 0.3 is 0 Å². The largest absolute Gasteiger partial charge is 0.309 e. The first kappa shape index (κ1) is 17.5. The van der Waals surface area contributed by atoms with Crippen LogP contribution in [0.15, 0.2) is 24.3 Å². The van der Waals surface area contributed by atoms with Gasteiger partial charge in [-0.1, -0.05) is 51.3 Å². The SMILES string of the molecule is CC(C)C1N(C(=O)CCN(C)C)c2ccccc2C12CCCCC2. The molecule has 1 aromatic carbocycles. The van der Waals surface area contributed by atoms with Crippen LogP contribution in [-0.4, -0.2) is 37.5 Å². The van der Waals surface area contributed by atoms with E-state index in [0.29, 0.717) is 18.4 Å². The van der Waals surface area contributed by atoms with Gasteiger partial charge in [-0.3, -0.25) is 4.79 Å². The highest BCUT2D eigenvalue weighted by atomic mass is 16.2. The highest BCUT2D eigenvalue weighted by Gasteiger charge is 2.53. The van der Waals surface area contributed by atoms with Crippen LogP contribution < -0.4 is 4.90 Å². The van der Waals surface area contributed by atoms with E-state index in [1.807, 2.05) is 14.1 Å². The average molecular weight is 329 g/mol. The Hall–Kier alpha value is -1.35. The van der Waals surface area contributed by atoms with Crippen LogP contribution in [0.4, 0.5) is 5.69 Å². The number of carbonyl (C=O) groups excluding carboxylic acids is 1. The summed E-state index contributed by atoms with van der Waals surface area (Å²) < 4.78 is 0. The minimum absolute atomic E-state index is 0.177. The number of anilines is 1. The molecular formula is C21H32N2O. The van der Waals surface area contributed by atoms with E-state index in [1.165, 1.54) is 43.4 Å². The number of amides is 1. The Labute approximate surface area is 147 Å². The monoisotopic (exact) mass is 328 g/mol. The number of para-hydroxylation sites is 1. The number of rotatable bonds is 4. The maximum absolute atomic E-state index is 13.2. The number of carbonyl (C=O) groups is 1. The molecule has 0 aromatic heterocycles. The lowest BCUT2D eigenvalue weighted by Gasteiger charge is -2.43. The second kappa shape index (κ2) is 6.87. The van der Waals surface area contributed by atoms with Crippen molar-refractivity contribution in [1.82, 2.24) is 4.90 Å². The van der Waals surface area contributed by atoms with Crippen LogP contribution in [0.1, 0.15) is 57.9 Å². The van der Waals surface area contributed by atoms with Crippen molar-refractivity contribution in [2.75, 3.05) is 25.5 Å². The summed E-state index contributed by atoms with van der Waals surface area (Å²) in [5, 5.41) is 0. The number of benzene rings is 1. The number of hydrogen-bond acceptors (Lipinski definition) is 2. The molecule has 1 aromatic rings. The van der Waals surface area contributed by atoms with Crippen molar-refractivity contribution in [2.24, 2.45) is 5.92 Å². The Morgan fingerprint density at radius 2 is 1.88 bits per heavy atom. The van der Waals surface area contributed by atoms with Gasteiger partial charge in [0, 0.05) is 30.1 Å². The Kier molecular flexibility index (Phi) is 5.00. The third-order valence-electron chi connectivity index (χ3n) is 5.96. The molecule has 1 aliphatic carbocycles. The van der Waals surface area contributed by atoms with E-state index < -0.39 is 0 Å². The smallest absolute Gasteiger partial charge is 0.228 e. The second-order valence-corrected chi connectivity index (χ2v) is 8.24. The molecule has 2 aliphatic rings. The molecule has 1 amide bonds. The molecule has 3 rings (SSSR count). The van der Waals surface area contributed by atoms with Crippen molar-refractivity contribution in [2.45, 2.75) is 63.8 Å². The maximum Gasteiger partial charge on any atom is 0.228 e. The lowest BCUT2D eigenvalue weighted by molar-refractivity contribution is -0.119. The fourth-order valence-electron chi connectivity index (χ4n) is 5.07. The second-order valence-electron chi connectivity index (χ2n) is 8.24. The molecule has 1 aliphatic heterocycles. The zero-order valence-corrected chi connectivity index (χ0v) is 15.7. The topological polar surface area (TPSA) is 23.6 Å². The molecule has 1 atom stereocenters. The molecule has 0 bridgehead atoms. The van der Waals surface area contributed by atoms with Crippen LogP contribution in [0.5, 0.6) is 0 Å². The maximum atomic E-state index is 13.2. The number of fused-ring (bicyclic) bond motifs is 2. The molecule has 1 spiro atoms. The van der Waals surface area contributed by atoms with E-state index in [2.05, 4.69) is 47.9 Å². The predicted molar refractivity (Wildman–Crippen MR) is 100 cm³/mol. The minimum Gasteiger partial charge on any atom is -0.309 e. The predicted octanol–water partition coefficient (Wildman–Crippen LogP) is 4.21. The molecule has 1 fully saturated rings. The Morgan fingerprint density at radius 3 is 2.50 bits per heavy atom. The number of hydrogen-bond donors (Lipinski definition) is 0. The summed E-state index contributed by atoms with van der Waals surface area (Å²) in [5.74, 6) is 0.760. The van der Waals surface area contributed by atoms with Crippen molar-refractivity contribution in [3.8, 4) is 0 Å². The van der Waals surface area contributed by atoms with Gasteiger partial charge in [0.15, 0.2) is 0 Å². The van der Waals surface area contributed by atoms with Crippen molar-refractivity contribution >= 4 is 11.6 Å². The minimum atomic E-state index is 0.177. The molecule has 1 saturated carbocycles. The molecular weight excluding hydrogens is 296 g/mol. The first-order chi connectivity index (χ1) is 11.5. The Bertz CT molecular complexity index is 587. The highest BCUT2D eigenvalue weighted by molar-refractivity contribution is 5.97. The lowest BCUT2D eigenvalue weighted by atomic mass is 9.64. The molecule has 3 nitrogen and oxygen atoms in total. The van der Waals surface area contributed by atoms with E-state index in [1.54, 1.807) is 0 Å². The first-order valence-corrected chi connectivity index (χ1v) is 9.53. The van der Waals surface area contributed by atoms with Crippen LogP contribution in [0, 0.1) is 5.92 Å². The van der Waals surface area contributed by atoms with Gasteiger partial charge in [0.25, 0.3) is 0 Å². The van der Waals surface area contributed by atoms with Crippen LogP contribution in [0.25, 0.3) is 0 Å². The van der Waals surface area contributed by atoms with Crippen molar-refractivity contribution in [1.29, 1.82) is 0 Å². The van der Waals surface area contributed by atoms with Gasteiger partial charge in [0.05, 0.1) is 0 Å². The normalized spacial score (nSPS) is 22.4. The van der Waals surface area contributed by atoms with E-state index in [0.717, 1.165) is 6.54 Å². The highest BCUT2D eigenvalue weighted by Crippen LogP contribution is 2.55. The Morgan fingerprint density at radius 1 is 1.21 bits per heavy atom. The molecule has 1 unspecified atom stereocenters. The van der Waals surface area contributed by atoms with E-state index in [4.69, 9.17) is 0 Å². The van der Waals surface area contributed by atoms with Gasteiger partial charge < -0.3 is 9.80 Å². The summed E-state index contributed by atoms with van der Waals surface area (Å²) >= 11 is 0. The van der Waals surface area contributed by atoms with E-state index in [-0.39, 0.29) is 11.3 Å². The fraction of sp³-hybridized carbons (Fsp3) is 0.667. The third-order valence-corrected chi connectivity index (χ3v) is 5.96. The van der Waals surface area contributed by atoms with Gasteiger partial charge in [0.1, 0.15) is 0 Å². The quantitative estimate of drug-likeness (QED) is 0.826. The summed E-state index contributed by atoms with van der Waals surface area (Å²) in [6, 6.07) is 9.01. The van der Waals surface area contributed by atoms with Gasteiger partial charge in [0.2, 0.25) is 5.91 Å². The van der Waals surface area contributed by atoms with Gasteiger partial charge in [-0.2, -0.15) is 0 Å². The molecule has 3 heteroatoms.